The van der Waals surface area contributed by atoms with Gasteiger partial charge in [0.1, 0.15) is 11.4 Å². The van der Waals surface area contributed by atoms with E-state index in [1.807, 2.05) is 20.0 Å². The Morgan fingerprint density at radius 2 is 2.00 bits per heavy atom. The van der Waals surface area contributed by atoms with Gasteiger partial charge in [0.15, 0.2) is 0 Å². The molecule has 0 saturated carbocycles. The van der Waals surface area contributed by atoms with E-state index in [1.165, 1.54) is 0 Å². The molecule has 21 heavy (non-hydrogen) atoms. The van der Waals surface area contributed by atoms with Crippen molar-refractivity contribution in [3.05, 3.63) is 46.3 Å². The van der Waals surface area contributed by atoms with E-state index in [2.05, 4.69) is 15.7 Å². The maximum absolute atomic E-state index is 11.3. The summed E-state index contributed by atoms with van der Waals surface area (Å²) in [7, 11) is 1.84. The number of nitrogens with one attached hydrogen (secondary N) is 2. The molecule has 112 valence electrons. The molecule has 0 amide bonds. The van der Waals surface area contributed by atoms with Gasteiger partial charge in [-0.25, -0.2) is 0 Å². The van der Waals surface area contributed by atoms with Crippen LogP contribution in [0, 0.1) is 10.1 Å². The molecule has 0 spiro atoms. The van der Waals surface area contributed by atoms with Crippen LogP contribution < -0.4 is 10.6 Å². The second-order valence-corrected chi connectivity index (χ2v) is 4.69. The molecular formula is C14H19N5O2. The number of aryl methyl sites for hydroxylation is 1. The molecule has 0 saturated heterocycles. The molecule has 2 N–H and O–H groups in total. The maximum Gasteiger partial charge on any atom is 0.315 e. The molecule has 0 aliphatic carbocycles. The van der Waals surface area contributed by atoms with Gasteiger partial charge in [0.2, 0.25) is 0 Å². The summed E-state index contributed by atoms with van der Waals surface area (Å²) >= 11 is 0. The topological polar surface area (TPSA) is 85.0 Å². The van der Waals surface area contributed by atoms with Crippen molar-refractivity contribution < 1.29 is 4.92 Å². The molecule has 1 aromatic carbocycles. The van der Waals surface area contributed by atoms with Crippen molar-refractivity contribution in [2.24, 2.45) is 7.05 Å². The highest BCUT2D eigenvalue weighted by Gasteiger charge is 2.19. The smallest absolute Gasteiger partial charge is 0.315 e. The normalized spacial score (nSPS) is 10.4. The molecule has 0 radical (unpaired) electrons. The minimum absolute atomic E-state index is 0.0770. The molecule has 0 fully saturated rings. The molecule has 0 bridgehead atoms. The number of hydrogen-bond donors (Lipinski definition) is 2. The number of para-hydroxylation sites is 1. The monoisotopic (exact) mass is 289 g/mol. The Bertz CT molecular complexity index is 624. The summed E-state index contributed by atoms with van der Waals surface area (Å²) in [6, 6.07) is 7.11. The van der Waals surface area contributed by atoms with Gasteiger partial charge < -0.3 is 10.6 Å². The average Bonchev–Trinajstić information content (AvgIpc) is 2.87. The van der Waals surface area contributed by atoms with E-state index in [1.54, 1.807) is 29.1 Å². The Morgan fingerprint density at radius 3 is 2.57 bits per heavy atom. The lowest BCUT2D eigenvalue weighted by atomic mass is 10.2. The molecular weight excluding hydrogens is 270 g/mol. The van der Waals surface area contributed by atoms with Crippen LogP contribution >= 0.6 is 0 Å². The lowest BCUT2D eigenvalue weighted by molar-refractivity contribution is -0.383. The Balaban J connectivity index is 2.21. The zero-order valence-electron chi connectivity index (χ0n) is 12.2. The summed E-state index contributed by atoms with van der Waals surface area (Å²) < 4.78 is 1.73. The zero-order valence-corrected chi connectivity index (χ0v) is 12.2. The summed E-state index contributed by atoms with van der Waals surface area (Å²) in [5, 5.41) is 21.6. The van der Waals surface area contributed by atoms with E-state index in [0.717, 1.165) is 12.1 Å². The van der Waals surface area contributed by atoms with Gasteiger partial charge in [-0.05, 0) is 24.6 Å². The third-order valence-corrected chi connectivity index (χ3v) is 3.17. The first-order chi connectivity index (χ1) is 10.1. The quantitative estimate of drug-likeness (QED) is 0.604. The number of nitrogens with zero attached hydrogens (tertiary/aromatic N) is 3. The third-order valence-electron chi connectivity index (χ3n) is 3.17. The summed E-state index contributed by atoms with van der Waals surface area (Å²) in [6.45, 7) is 3.20. The first-order valence-corrected chi connectivity index (χ1v) is 6.85. The fraction of sp³-hybridized carbons (Fsp3) is 0.357. The fourth-order valence-electron chi connectivity index (χ4n) is 2.05. The number of anilines is 2. The van der Waals surface area contributed by atoms with Crippen LogP contribution in [-0.2, 0) is 13.6 Å². The van der Waals surface area contributed by atoms with E-state index in [-0.39, 0.29) is 10.6 Å². The van der Waals surface area contributed by atoms with Gasteiger partial charge >= 0.3 is 5.69 Å². The summed E-state index contributed by atoms with van der Waals surface area (Å²) in [4.78, 5) is 11.0. The summed E-state index contributed by atoms with van der Waals surface area (Å²) in [5.74, 6) is 0. The first kappa shape index (κ1) is 14.8. The highest BCUT2D eigenvalue weighted by atomic mass is 16.6. The van der Waals surface area contributed by atoms with E-state index >= 15 is 0 Å². The highest BCUT2D eigenvalue weighted by molar-refractivity contribution is 5.76. The Hall–Kier alpha value is -2.57. The Labute approximate surface area is 123 Å². The molecule has 7 nitrogen and oxygen atoms in total. The van der Waals surface area contributed by atoms with Gasteiger partial charge in [0, 0.05) is 19.8 Å². The number of benzene rings is 1. The van der Waals surface area contributed by atoms with Crippen molar-refractivity contribution in [2.45, 2.75) is 19.9 Å². The van der Waals surface area contributed by atoms with Gasteiger partial charge in [-0.1, -0.05) is 13.0 Å². The van der Waals surface area contributed by atoms with Gasteiger partial charge in [-0.2, -0.15) is 5.10 Å². The summed E-state index contributed by atoms with van der Waals surface area (Å²) in [5.41, 5.74) is 2.07. The van der Waals surface area contributed by atoms with E-state index in [0.29, 0.717) is 24.5 Å². The molecule has 2 rings (SSSR count). The van der Waals surface area contributed by atoms with Gasteiger partial charge in [-0.3, -0.25) is 14.8 Å². The predicted octanol–water partition coefficient (Wildman–Crippen LogP) is 2.76. The maximum atomic E-state index is 11.3. The van der Waals surface area contributed by atoms with Crippen LogP contribution in [-0.4, -0.2) is 21.2 Å². The van der Waals surface area contributed by atoms with Crippen LogP contribution in [0.25, 0.3) is 0 Å². The minimum Gasteiger partial charge on any atom is -0.379 e. The molecule has 0 aliphatic rings. The van der Waals surface area contributed by atoms with Crippen LogP contribution in [0.4, 0.5) is 17.1 Å². The van der Waals surface area contributed by atoms with Crippen LogP contribution in [0.15, 0.2) is 30.5 Å². The van der Waals surface area contributed by atoms with E-state index < -0.39 is 0 Å². The molecule has 0 atom stereocenters. The second kappa shape index (κ2) is 6.74. The van der Waals surface area contributed by atoms with Crippen LogP contribution in [0.2, 0.25) is 0 Å². The Kier molecular flexibility index (Phi) is 4.76. The number of nitro groups is 1. The number of aromatic nitrogens is 2. The molecule has 1 heterocycles. The predicted molar refractivity (Wildman–Crippen MR) is 82.4 cm³/mol. The zero-order chi connectivity index (χ0) is 15.2. The van der Waals surface area contributed by atoms with Crippen molar-refractivity contribution in [1.82, 2.24) is 9.78 Å². The van der Waals surface area contributed by atoms with Crippen molar-refractivity contribution >= 4 is 17.1 Å². The molecule has 7 heteroatoms. The van der Waals surface area contributed by atoms with Crippen LogP contribution in [0.1, 0.15) is 19.0 Å². The van der Waals surface area contributed by atoms with Crippen LogP contribution in [0.5, 0.6) is 0 Å². The second-order valence-electron chi connectivity index (χ2n) is 4.69. The number of hydrogen-bond acceptors (Lipinski definition) is 5. The van der Waals surface area contributed by atoms with E-state index in [9.17, 15) is 10.1 Å². The molecule has 1 aromatic heterocycles. The minimum atomic E-state index is -0.358. The average molecular weight is 289 g/mol. The number of nitro benzene ring substituents is 1. The fourth-order valence-corrected chi connectivity index (χ4v) is 2.05. The van der Waals surface area contributed by atoms with Crippen molar-refractivity contribution in [3.63, 3.8) is 0 Å². The summed E-state index contributed by atoms with van der Waals surface area (Å²) in [6.07, 6.45) is 2.61. The largest absolute Gasteiger partial charge is 0.379 e. The van der Waals surface area contributed by atoms with Gasteiger partial charge in [0.05, 0.1) is 17.2 Å². The lowest BCUT2D eigenvalue weighted by Crippen LogP contribution is -2.09. The van der Waals surface area contributed by atoms with Gasteiger partial charge in [-0.15, -0.1) is 0 Å². The van der Waals surface area contributed by atoms with Crippen molar-refractivity contribution in [2.75, 3.05) is 17.2 Å². The molecule has 2 aromatic rings. The van der Waals surface area contributed by atoms with E-state index in [4.69, 9.17) is 0 Å². The third kappa shape index (κ3) is 3.50. The first-order valence-electron chi connectivity index (χ1n) is 6.85. The van der Waals surface area contributed by atoms with Crippen molar-refractivity contribution in [1.29, 1.82) is 0 Å². The Morgan fingerprint density at radius 1 is 1.29 bits per heavy atom. The lowest BCUT2D eigenvalue weighted by Gasteiger charge is -2.11. The van der Waals surface area contributed by atoms with Crippen LogP contribution in [0.3, 0.4) is 0 Å². The standard InChI is InChI=1S/C14H19N5O2/c1-3-8-15-12-5-4-6-13(14(12)19(20)21)16-10-11-7-9-17-18(11)2/h4-7,9,15-16H,3,8,10H2,1-2H3. The van der Waals surface area contributed by atoms with Crippen molar-refractivity contribution in [3.8, 4) is 0 Å². The molecule has 0 unspecified atom stereocenters. The SMILES string of the molecule is CCCNc1cccc(NCc2ccnn2C)c1[N+](=O)[O-]. The number of rotatable bonds is 7. The van der Waals surface area contributed by atoms with Gasteiger partial charge in [0.25, 0.3) is 0 Å². The highest BCUT2D eigenvalue weighted by Crippen LogP contribution is 2.33. The molecule has 0 aliphatic heterocycles.